The highest BCUT2D eigenvalue weighted by Crippen LogP contribution is 2.27. The monoisotopic (exact) mass is 375 g/mol. The molecule has 4 aromatic rings. The molecule has 0 bridgehead atoms. The van der Waals surface area contributed by atoms with Crippen LogP contribution in [-0.4, -0.2) is 24.1 Å². The first-order valence-electron chi connectivity index (χ1n) is 7.16. The number of thiophene rings is 1. The van der Waals surface area contributed by atoms with Crippen LogP contribution in [0.1, 0.15) is 11.4 Å². The predicted octanol–water partition coefficient (Wildman–Crippen LogP) is 3.21. The number of rotatable bonds is 4. The maximum Gasteiger partial charge on any atom is 0.258 e. The van der Waals surface area contributed by atoms with Gasteiger partial charge in [0, 0.05) is 29.9 Å². The summed E-state index contributed by atoms with van der Waals surface area (Å²) in [6.07, 6.45) is 0. The molecule has 0 aromatic carbocycles. The topological polar surface area (TPSA) is 65.1 Å². The van der Waals surface area contributed by atoms with E-state index in [2.05, 4.69) is 15.2 Å². The maximum atomic E-state index is 12.2. The fourth-order valence-corrected chi connectivity index (χ4v) is 4.81. The van der Waals surface area contributed by atoms with Crippen LogP contribution in [0.25, 0.3) is 15.7 Å². The second kappa shape index (κ2) is 6.15. The SMILES string of the molecule is Cc1csc2nc(CSc3nnc(-c4cccs4)n3C)cc(=O)n12. The third-order valence-electron chi connectivity index (χ3n) is 3.55. The Labute approximate surface area is 149 Å². The highest BCUT2D eigenvalue weighted by atomic mass is 32.2. The number of hydrogen-bond acceptors (Lipinski definition) is 7. The fraction of sp³-hybridized carbons (Fsp3) is 0.200. The van der Waals surface area contributed by atoms with Gasteiger partial charge in [-0.25, -0.2) is 4.98 Å². The molecular weight excluding hydrogens is 362 g/mol. The van der Waals surface area contributed by atoms with E-state index < -0.39 is 0 Å². The first kappa shape index (κ1) is 15.6. The third-order valence-corrected chi connectivity index (χ3v) is 6.42. The van der Waals surface area contributed by atoms with Gasteiger partial charge < -0.3 is 4.57 Å². The summed E-state index contributed by atoms with van der Waals surface area (Å²) in [6.45, 7) is 1.91. The molecule has 0 unspecified atom stereocenters. The Balaban J connectivity index is 1.58. The van der Waals surface area contributed by atoms with E-state index in [0.717, 1.165) is 32.2 Å². The molecule has 0 saturated carbocycles. The summed E-state index contributed by atoms with van der Waals surface area (Å²) in [5, 5.41) is 13.3. The van der Waals surface area contributed by atoms with Gasteiger partial charge in [0.25, 0.3) is 5.56 Å². The van der Waals surface area contributed by atoms with Gasteiger partial charge >= 0.3 is 0 Å². The number of fused-ring (bicyclic) bond motifs is 1. The van der Waals surface area contributed by atoms with Crippen LogP contribution in [0.3, 0.4) is 0 Å². The van der Waals surface area contributed by atoms with Crippen molar-refractivity contribution in [3.63, 3.8) is 0 Å². The van der Waals surface area contributed by atoms with Gasteiger partial charge in [-0.05, 0) is 18.4 Å². The summed E-state index contributed by atoms with van der Waals surface area (Å²) in [5.74, 6) is 1.43. The van der Waals surface area contributed by atoms with Crippen molar-refractivity contribution < 1.29 is 0 Å². The normalized spacial score (nSPS) is 11.4. The van der Waals surface area contributed by atoms with E-state index in [0.29, 0.717) is 5.75 Å². The van der Waals surface area contributed by atoms with Crippen LogP contribution in [0, 0.1) is 6.92 Å². The van der Waals surface area contributed by atoms with Gasteiger partial charge in [0.2, 0.25) is 0 Å². The Morgan fingerprint density at radius 2 is 2.17 bits per heavy atom. The molecule has 0 saturated heterocycles. The van der Waals surface area contributed by atoms with Gasteiger partial charge in [-0.2, -0.15) is 0 Å². The first-order chi connectivity index (χ1) is 11.6. The number of thiazole rings is 1. The van der Waals surface area contributed by atoms with Gasteiger partial charge in [-0.3, -0.25) is 9.20 Å². The summed E-state index contributed by atoms with van der Waals surface area (Å²) in [7, 11) is 1.95. The van der Waals surface area contributed by atoms with Gasteiger partial charge in [-0.1, -0.05) is 17.8 Å². The average Bonchev–Trinajstić information content (AvgIpc) is 3.27. The molecule has 9 heteroatoms. The molecule has 4 rings (SSSR count). The van der Waals surface area contributed by atoms with Crippen LogP contribution < -0.4 is 5.56 Å². The Kier molecular flexibility index (Phi) is 3.99. The summed E-state index contributed by atoms with van der Waals surface area (Å²) in [6, 6.07) is 5.62. The standard InChI is InChI=1S/C15H13N5OS3/c1-9-7-23-14-16-10(6-12(21)20(9)14)8-24-15-18-17-13(19(15)2)11-4-3-5-22-11/h3-7H,8H2,1-2H3. The van der Waals surface area contributed by atoms with Crippen LogP contribution in [0.5, 0.6) is 0 Å². The molecule has 4 aromatic heterocycles. The Morgan fingerprint density at radius 1 is 1.29 bits per heavy atom. The van der Waals surface area contributed by atoms with Crippen molar-refractivity contribution in [2.45, 2.75) is 17.8 Å². The van der Waals surface area contributed by atoms with E-state index in [1.165, 1.54) is 23.1 Å². The Morgan fingerprint density at radius 3 is 2.96 bits per heavy atom. The van der Waals surface area contributed by atoms with Crippen molar-refractivity contribution in [1.29, 1.82) is 0 Å². The smallest absolute Gasteiger partial charge is 0.258 e. The number of aryl methyl sites for hydroxylation is 1. The largest absolute Gasteiger partial charge is 0.304 e. The van der Waals surface area contributed by atoms with Crippen molar-refractivity contribution in [1.82, 2.24) is 24.1 Å². The number of nitrogens with zero attached hydrogens (tertiary/aromatic N) is 5. The zero-order chi connectivity index (χ0) is 16.7. The van der Waals surface area contributed by atoms with Crippen molar-refractivity contribution >= 4 is 39.4 Å². The van der Waals surface area contributed by atoms with Crippen molar-refractivity contribution in [2.75, 3.05) is 0 Å². The molecule has 0 fully saturated rings. The Hall–Kier alpha value is -1.97. The number of thioether (sulfide) groups is 1. The van der Waals surface area contributed by atoms with Crippen LogP contribution in [0.4, 0.5) is 0 Å². The lowest BCUT2D eigenvalue weighted by molar-refractivity contribution is 0.794. The fourth-order valence-electron chi connectivity index (χ4n) is 2.37. The molecule has 0 N–H and O–H groups in total. The molecule has 0 radical (unpaired) electrons. The lowest BCUT2D eigenvalue weighted by atomic mass is 10.4. The summed E-state index contributed by atoms with van der Waals surface area (Å²) < 4.78 is 3.60. The summed E-state index contributed by atoms with van der Waals surface area (Å²) in [4.78, 5) is 18.6. The van der Waals surface area contributed by atoms with E-state index in [9.17, 15) is 4.79 Å². The first-order valence-corrected chi connectivity index (χ1v) is 9.91. The molecule has 0 aliphatic heterocycles. The molecule has 0 amide bonds. The van der Waals surface area contributed by atoms with E-state index in [1.807, 2.05) is 41.4 Å². The molecule has 0 spiro atoms. The minimum absolute atomic E-state index is 0.0356. The van der Waals surface area contributed by atoms with Crippen LogP contribution in [-0.2, 0) is 12.8 Å². The van der Waals surface area contributed by atoms with Gasteiger partial charge in [0.05, 0.1) is 10.6 Å². The molecule has 0 aliphatic rings. The van der Waals surface area contributed by atoms with Crippen molar-refractivity contribution in [2.24, 2.45) is 7.05 Å². The predicted molar refractivity (Wildman–Crippen MR) is 98.0 cm³/mol. The molecule has 6 nitrogen and oxygen atoms in total. The molecule has 0 atom stereocenters. The van der Waals surface area contributed by atoms with E-state index in [4.69, 9.17) is 0 Å². The highest BCUT2D eigenvalue weighted by molar-refractivity contribution is 7.98. The highest BCUT2D eigenvalue weighted by Gasteiger charge is 2.13. The molecule has 4 heterocycles. The van der Waals surface area contributed by atoms with Crippen LogP contribution in [0.2, 0.25) is 0 Å². The molecule has 24 heavy (non-hydrogen) atoms. The minimum Gasteiger partial charge on any atom is -0.304 e. The lowest BCUT2D eigenvalue weighted by Crippen LogP contribution is -2.14. The lowest BCUT2D eigenvalue weighted by Gasteiger charge is -2.03. The van der Waals surface area contributed by atoms with Gasteiger partial charge in [-0.15, -0.1) is 32.9 Å². The van der Waals surface area contributed by atoms with E-state index in [-0.39, 0.29) is 5.56 Å². The second-order valence-corrected chi connectivity index (χ2v) is 7.94. The molecule has 0 aliphatic carbocycles. The summed E-state index contributed by atoms with van der Waals surface area (Å²) in [5.41, 5.74) is 1.64. The van der Waals surface area contributed by atoms with Crippen LogP contribution >= 0.6 is 34.4 Å². The quantitative estimate of drug-likeness (QED) is 0.513. The second-order valence-electron chi connectivity index (χ2n) is 5.21. The van der Waals surface area contributed by atoms with Gasteiger partial charge in [0.1, 0.15) is 0 Å². The van der Waals surface area contributed by atoms with Gasteiger partial charge in [0.15, 0.2) is 15.9 Å². The van der Waals surface area contributed by atoms with Crippen molar-refractivity contribution in [3.8, 4) is 10.7 Å². The maximum absolute atomic E-state index is 12.2. The summed E-state index contributed by atoms with van der Waals surface area (Å²) >= 11 is 4.65. The Bertz CT molecular complexity index is 1060. The van der Waals surface area contributed by atoms with Crippen molar-refractivity contribution in [3.05, 3.63) is 50.7 Å². The zero-order valence-electron chi connectivity index (χ0n) is 13.0. The molecule has 122 valence electrons. The minimum atomic E-state index is -0.0356. The number of hydrogen-bond donors (Lipinski definition) is 0. The zero-order valence-corrected chi connectivity index (χ0v) is 15.4. The third kappa shape index (κ3) is 2.68. The average molecular weight is 376 g/mol. The van der Waals surface area contributed by atoms with E-state index in [1.54, 1.807) is 21.8 Å². The number of aromatic nitrogens is 5. The van der Waals surface area contributed by atoms with Crippen LogP contribution in [0.15, 0.2) is 38.9 Å². The molecular formula is C15H13N5OS3. The van der Waals surface area contributed by atoms with E-state index >= 15 is 0 Å².